The molecule has 1 heterocycles. The molecule has 5 rings (SSSR count). The Kier molecular flexibility index (Phi) is 11.0. The number of nitrogens with zero attached hydrogens (tertiary/aromatic N) is 2. The van der Waals surface area contributed by atoms with Crippen molar-refractivity contribution < 1.29 is 9.59 Å². The molecule has 1 N–H and O–H groups in total. The largest absolute Gasteiger partial charge is 0.343 e. The molecule has 0 spiro atoms. The van der Waals surface area contributed by atoms with Crippen LogP contribution in [0.2, 0.25) is 5.02 Å². The smallest absolute Gasteiger partial charge is 0.251 e. The Morgan fingerprint density at radius 1 is 0.791 bits per heavy atom. The van der Waals surface area contributed by atoms with Crippen LogP contribution in [-0.2, 0) is 11.3 Å². The summed E-state index contributed by atoms with van der Waals surface area (Å²) in [5.74, 6) is 0.337. The van der Waals surface area contributed by atoms with Gasteiger partial charge in [0.2, 0.25) is 5.91 Å². The summed E-state index contributed by atoms with van der Waals surface area (Å²) in [6.45, 7) is 4.22. The third-order valence-electron chi connectivity index (χ3n) is 8.39. The third kappa shape index (κ3) is 9.03. The monoisotopic (exact) mass is 593 g/mol. The van der Waals surface area contributed by atoms with Gasteiger partial charge in [0.15, 0.2) is 0 Å². The van der Waals surface area contributed by atoms with E-state index in [2.05, 4.69) is 70.9 Å². The second-order valence-corrected chi connectivity index (χ2v) is 11.8. The molecule has 43 heavy (non-hydrogen) atoms. The number of carbonyl (C=O) groups excluding carboxylic acids is 2. The first kappa shape index (κ1) is 30.5. The fourth-order valence-electron chi connectivity index (χ4n) is 5.95. The van der Waals surface area contributed by atoms with Gasteiger partial charge in [0.1, 0.15) is 0 Å². The fourth-order valence-corrected chi connectivity index (χ4v) is 6.07. The lowest BCUT2D eigenvalue weighted by molar-refractivity contribution is -0.131. The summed E-state index contributed by atoms with van der Waals surface area (Å²) < 4.78 is 0. The molecule has 222 valence electrons. The third-order valence-corrected chi connectivity index (χ3v) is 8.64. The van der Waals surface area contributed by atoms with Crippen LogP contribution in [0.1, 0.15) is 52.2 Å². The van der Waals surface area contributed by atoms with Crippen LogP contribution < -0.4 is 5.32 Å². The second-order valence-electron chi connectivity index (χ2n) is 11.4. The molecule has 0 bridgehead atoms. The highest BCUT2D eigenvalue weighted by Gasteiger charge is 2.25. The lowest BCUT2D eigenvalue weighted by Crippen LogP contribution is -2.45. The molecule has 4 aromatic carbocycles. The van der Waals surface area contributed by atoms with Crippen molar-refractivity contribution in [3.63, 3.8) is 0 Å². The minimum Gasteiger partial charge on any atom is -0.343 e. The highest BCUT2D eigenvalue weighted by atomic mass is 35.5. The van der Waals surface area contributed by atoms with Gasteiger partial charge in [-0.05, 0) is 79.2 Å². The first-order valence-corrected chi connectivity index (χ1v) is 15.6. The number of benzene rings is 4. The molecule has 1 aliphatic rings. The molecule has 0 aromatic heterocycles. The maximum atomic E-state index is 13.7. The van der Waals surface area contributed by atoms with Crippen LogP contribution in [0.15, 0.2) is 115 Å². The molecule has 6 heteroatoms. The Morgan fingerprint density at radius 2 is 1.35 bits per heavy atom. The van der Waals surface area contributed by atoms with Gasteiger partial charge < -0.3 is 10.2 Å². The number of piperidine rings is 1. The number of amides is 2. The normalized spacial score (nSPS) is 14.0. The zero-order chi connectivity index (χ0) is 29.9. The standard InChI is InChI=1S/C37H40ClN3O2/c38-34-18-16-29(17-19-34)27-40-23-20-30(21-24-40)28-41(36(42)26-39-37(43)33-14-8-3-9-15-33)25-22-35(31-10-4-1-5-11-31)32-12-6-2-7-13-32/h1-19,30,35H,20-28H2,(H,39,43). The van der Waals surface area contributed by atoms with Crippen molar-refractivity contribution in [1.82, 2.24) is 15.1 Å². The molecule has 0 aliphatic carbocycles. The Balaban J connectivity index is 1.24. The van der Waals surface area contributed by atoms with Crippen molar-refractivity contribution >= 4 is 23.4 Å². The van der Waals surface area contributed by atoms with Gasteiger partial charge >= 0.3 is 0 Å². The summed E-state index contributed by atoms with van der Waals surface area (Å²) in [5, 5.41) is 3.62. The predicted octanol–water partition coefficient (Wildman–Crippen LogP) is 7.03. The van der Waals surface area contributed by atoms with E-state index < -0.39 is 0 Å². The molecule has 1 aliphatic heterocycles. The van der Waals surface area contributed by atoms with Crippen molar-refractivity contribution in [2.45, 2.75) is 31.7 Å². The van der Waals surface area contributed by atoms with E-state index in [-0.39, 0.29) is 24.3 Å². The van der Waals surface area contributed by atoms with Crippen LogP contribution in [0, 0.1) is 5.92 Å². The first-order chi connectivity index (χ1) is 21.0. The van der Waals surface area contributed by atoms with E-state index in [0.29, 0.717) is 24.6 Å². The summed E-state index contributed by atoms with van der Waals surface area (Å²) in [6, 6.07) is 38.2. The number of halogens is 1. The summed E-state index contributed by atoms with van der Waals surface area (Å²) >= 11 is 6.06. The molecular formula is C37H40ClN3O2. The molecule has 1 fully saturated rings. The number of carbonyl (C=O) groups is 2. The van der Waals surface area contributed by atoms with Crippen LogP contribution in [0.3, 0.4) is 0 Å². The van der Waals surface area contributed by atoms with Gasteiger partial charge in [0.25, 0.3) is 5.91 Å². The Morgan fingerprint density at radius 3 is 1.93 bits per heavy atom. The van der Waals surface area contributed by atoms with Crippen molar-refractivity contribution in [2.75, 3.05) is 32.7 Å². The number of hydrogen-bond acceptors (Lipinski definition) is 3. The van der Waals surface area contributed by atoms with Gasteiger partial charge in [-0.1, -0.05) is 103 Å². The van der Waals surface area contributed by atoms with Gasteiger partial charge in [-0.2, -0.15) is 0 Å². The highest BCUT2D eigenvalue weighted by molar-refractivity contribution is 6.30. The summed E-state index contributed by atoms with van der Waals surface area (Å²) in [5.41, 5.74) is 4.31. The quantitative estimate of drug-likeness (QED) is 0.192. The van der Waals surface area contributed by atoms with Crippen LogP contribution in [0.5, 0.6) is 0 Å². The van der Waals surface area contributed by atoms with Gasteiger partial charge in [0.05, 0.1) is 6.54 Å². The second kappa shape index (κ2) is 15.5. The molecule has 0 atom stereocenters. The summed E-state index contributed by atoms with van der Waals surface area (Å²) in [7, 11) is 0. The average Bonchev–Trinajstić information content (AvgIpc) is 3.06. The summed E-state index contributed by atoms with van der Waals surface area (Å²) in [6.07, 6.45) is 2.88. The molecular weight excluding hydrogens is 554 g/mol. The van der Waals surface area contributed by atoms with Gasteiger partial charge in [-0.25, -0.2) is 0 Å². The van der Waals surface area contributed by atoms with E-state index in [1.165, 1.54) is 16.7 Å². The summed E-state index contributed by atoms with van der Waals surface area (Å²) in [4.78, 5) is 30.8. The maximum absolute atomic E-state index is 13.7. The predicted molar refractivity (Wildman–Crippen MR) is 174 cm³/mol. The Labute approximate surface area is 260 Å². The molecule has 1 saturated heterocycles. The lowest BCUT2D eigenvalue weighted by atomic mass is 9.88. The average molecular weight is 594 g/mol. The van der Waals surface area contributed by atoms with E-state index in [9.17, 15) is 9.59 Å². The van der Waals surface area contributed by atoms with E-state index >= 15 is 0 Å². The van der Waals surface area contributed by atoms with Crippen LogP contribution in [0.25, 0.3) is 0 Å². The number of likely N-dealkylation sites (tertiary alicyclic amines) is 1. The topological polar surface area (TPSA) is 52.7 Å². The lowest BCUT2D eigenvalue weighted by Gasteiger charge is -2.35. The number of nitrogens with one attached hydrogen (secondary N) is 1. The van der Waals surface area contributed by atoms with Crippen molar-refractivity contribution in [1.29, 1.82) is 0 Å². The van der Waals surface area contributed by atoms with Crippen LogP contribution >= 0.6 is 11.6 Å². The Bertz CT molecular complexity index is 1380. The van der Waals surface area contributed by atoms with Gasteiger partial charge in [-0.15, -0.1) is 0 Å². The van der Waals surface area contributed by atoms with Crippen LogP contribution in [-0.4, -0.2) is 54.3 Å². The van der Waals surface area contributed by atoms with Crippen molar-refractivity contribution in [3.8, 4) is 0 Å². The van der Waals surface area contributed by atoms with Crippen LogP contribution in [0.4, 0.5) is 0 Å². The molecule has 0 radical (unpaired) electrons. The first-order valence-electron chi connectivity index (χ1n) is 15.2. The minimum absolute atomic E-state index is 0.00944. The molecule has 2 amide bonds. The molecule has 4 aromatic rings. The number of rotatable bonds is 12. The molecule has 0 saturated carbocycles. The van der Waals surface area contributed by atoms with Crippen molar-refractivity contribution in [2.24, 2.45) is 5.92 Å². The molecule has 5 nitrogen and oxygen atoms in total. The number of hydrogen-bond donors (Lipinski definition) is 1. The van der Waals surface area contributed by atoms with Gasteiger partial charge in [0, 0.05) is 36.1 Å². The maximum Gasteiger partial charge on any atom is 0.251 e. The van der Waals surface area contributed by atoms with E-state index in [1.807, 2.05) is 47.4 Å². The SMILES string of the molecule is O=C(NCC(=O)N(CCC(c1ccccc1)c1ccccc1)CC1CCN(Cc2ccc(Cl)cc2)CC1)c1ccccc1. The zero-order valence-electron chi connectivity index (χ0n) is 24.6. The van der Waals surface area contributed by atoms with Gasteiger partial charge in [-0.3, -0.25) is 14.5 Å². The van der Waals surface area contributed by atoms with E-state index in [1.54, 1.807) is 12.1 Å². The van der Waals surface area contributed by atoms with E-state index in [4.69, 9.17) is 11.6 Å². The van der Waals surface area contributed by atoms with Crippen molar-refractivity contribution in [3.05, 3.63) is 143 Å². The Hall–Kier alpha value is -3.93. The van der Waals surface area contributed by atoms with E-state index in [0.717, 1.165) is 43.9 Å². The zero-order valence-corrected chi connectivity index (χ0v) is 25.3. The molecule has 0 unspecified atom stereocenters. The fraction of sp³-hybridized carbons (Fsp3) is 0.297. The highest BCUT2D eigenvalue weighted by Crippen LogP contribution is 2.29. The minimum atomic E-state index is -0.226.